The van der Waals surface area contributed by atoms with Crippen LogP contribution >= 0.6 is 23.2 Å². The molecule has 1 amide bonds. The largest absolute Gasteiger partial charge is 0.360 e. The normalized spacial score (nSPS) is 11.1. The van der Waals surface area contributed by atoms with E-state index in [1.165, 1.54) is 0 Å². The van der Waals surface area contributed by atoms with Crippen LogP contribution in [0.5, 0.6) is 0 Å². The molecule has 31 heavy (non-hydrogen) atoms. The number of carbonyl (C=O) groups is 1. The summed E-state index contributed by atoms with van der Waals surface area (Å²) in [5.41, 5.74) is 3.01. The highest BCUT2D eigenvalue weighted by Gasteiger charge is 2.24. The fourth-order valence-electron chi connectivity index (χ4n) is 2.95. The molecular formula is C23H16Cl2N4O2. The molecule has 4 aromatic rings. The van der Waals surface area contributed by atoms with Gasteiger partial charge in [-0.2, -0.15) is 10.2 Å². The van der Waals surface area contributed by atoms with Crippen molar-refractivity contribution < 1.29 is 9.32 Å². The topological polar surface area (TPSA) is 79.9 Å². The maximum absolute atomic E-state index is 13.0. The number of azo groups is 1. The number of benzene rings is 3. The third kappa shape index (κ3) is 4.66. The molecule has 0 spiro atoms. The molecule has 1 heterocycles. The Morgan fingerprint density at radius 1 is 0.871 bits per heavy atom. The quantitative estimate of drug-likeness (QED) is 0.317. The van der Waals surface area contributed by atoms with E-state index < -0.39 is 0 Å². The maximum Gasteiger partial charge on any atom is 0.261 e. The van der Waals surface area contributed by atoms with E-state index in [1.54, 1.807) is 49.4 Å². The first-order chi connectivity index (χ1) is 15.0. The van der Waals surface area contributed by atoms with Crippen LogP contribution < -0.4 is 5.32 Å². The van der Waals surface area contributed by atoms with E-state index in [2.05, 4.69) is 20.7 Å². The number of aromatic nitrogens is 1. The summed E-state index contributed by atoms with van der Waals surface area (Å²) in [4.78, 5) is 13.0. The van der Waals surface area contributed by atoms with E-state index in [4.69, 9.17) is 27.7 Å². The zero-order chi connectivity index (χ0) is 21.8. The van der Waals surface area contributed by atoms with Crippen LogP contribution in [0.2, 0.25) is 10.0 Å². The molecule has 4 rings (SSSR count). The number of hydrogen-bond donors (Lipinski definition) is 1. The number of aryl methyl sites for hydroxylation is 1. The Morgan fingerprint density at radius 3 is 2.13 bits per heavy atom. The van der Waals surface area contributed by atoms with Crippen molar-refractivity contribution in [2.75, 3.05) is 5.32 Å². The highest BCUT2D eigenvalue weighted by Crippen LogP contribution is 2.37. The molecule has 8 heteroatoms. The summed E-state index contributed by atoms with van der Waals surface area (Å²) < 4.78 is 5.26. The molecule has 154 valence electrons. The van der Waals surface area contributed by atoms with Gasteiger partial charge in [0.05, 0.1) is 21.4 Å². The molecule has 0 bridgehead atoms. The van der Waals surface area contributed by atoms with Gasteiger partial charge in [0.25, 0.3) is 5.91 Å². The molecule has 0 aliphatic rings. The van der Waals surface area contributed by atoms with Crippen molar-refractivity contribution in [3.05, 3.63) is 94.2 Å². The Labute approximate surface area is 188 Å². The second-order valence-electron chi connectivity index (χ2n) is 6.60. The minimum absolute atomic E-state index is 0.267. The van der Waals surface area contributed by atoms with Gasteiger partial charge in [0.1, 0.15) is 17.0 Å². The van der Waals surface area contributed by atoms with Crippen LogP contribution in [0.4, 0.5) is 17.1 Å². The number of nitrogens with zero attached hydrogens (tertiary/aromatic N) is 3. The van der Waals surface area contributed by atoms with E-state index in [-0.39, 0.29) is 11.5 Å². The average molecular weight is 451 g/mol. The zero-order valence-corrected chi connectivity index (χ0v) is 17.9. The van der Waals surface area contributed by atoms with Crippen LogP contribution in [0.1, 0.15) is 16.1 Å². The van der Waals surface area contributed by atoms with Gasteiger partial charge in [0, 0.05) is 11.3 Å². The first kappa shape index (κ1) is 20.8. The summed E-state index contributed by atoms with van der Waals surface area (Å²) in [6, 6.07) is 21.5. The molecule has 0 aliphatic heterocycles. The Hall–Kier alpha value is -3.48. The second kappa shape index (κ2) is 9.12. The lowest BCUT2D eigenvalue weighted by atomic mass is 10.1. The van der Waals surface area contributed by atoms with Gasteiger partial charge in [0.15, 0.2) is 0 Å². The SMILES string of the molecule is Cc1onc(-c2c(Cl)cccc2Cl)c1C(=O)Nc1ccc(N=Nc2ccccc2)cc1. The van der Waals surface area contributed by atoms with E-state index >= 15 is 0 Å². The summed E-state index contributed by atoms with van der Waals surface area (Å²) >= 11 is 12.6. The lowest BCUT2D eigenvalue weighted by molar-refractivity contribution is 0.102. The molecule has 0 saturated heterocycles. The molecule has 0 aliphatic carbocycles. The molecule has 0 fully saturated rings. The van der Waals surface area contributed by atoms with Crippen LogP contribution in [-0.2, 0) is 0 Å². The van der Waals surface area contributed by atoms with Crippen molar-refractivity contribution in [2.24, 2.45) is 10.2 Å². The summed E-state index contributed by atoms with van der Waals surface area (Å²) in [5, 5.41) is 16.0. The molecule has 6 nitrogen and oxygen atoms in total. The lowest BCUT2D eigenvalue weighted by Crippen LogP contribution is -2.13. The predicted molar refractivity (Wildman–Crippen MR) is 122 cm³/mol. The lowest BCUT2D eigenvalue weighted by Gasteiger charge is -2.08. The molecular weight excluding hydrogens is 435 g/mol. The standard InChI is InChI=1S/C23H16Cl2N4O2/c1-14-20(22(29-31-14)21-18(24)8-5-9-19(21)25)23(30)26-15-10-12-17(13-11-15)28-27-16-6-3-2-4-7-16/h2-13H,1H3,(H,26,30). The van der Waals surface area contributed by atoms with E-state index in [0.29, 0.717) is 38.4 Å². The monoisotopic (exact) mass is 450 g/mol. The van der Waals surface area contributed by atoms with Crippen molar-refractivity contribution in [2.45, 2.75) is 6.92 Å². The smallest absolute Gasteiger partial charge is 0.261 e. The van der Waals surface area contributed by atoms with Crippen molar-refractivity contribution >= 4 is 46.2 Å². The average Bonchev–Trinajstić information content (AvgIpc) is 3.15. The van der Waals surface area contributed by atoms with Gasteiger partial charge in [-0.3, -0.25) is 4.79 Å². The van der Waals surface area contributed by atoms with Gasteiger partial charge in [-0.25, -0.2) is 0 Å². The van der Waals surface area contributed by atoms with Crippen LogP contribution in [0, 0.1) is 6.92 Å². The summed E-state index contributed by atoms with van der Waals surface area (Å²) in [7, 11) is 0. The third-order valence-electron chi connectivity index (χ3n) is 4.45. The number of rotatable bonds is 5. The first-order valence-corrected chi connectivity index (χ1v) is 10.1. The van der Waals surface area contributed by atoms with Gasteiger partial charge < -0.3 is 9.84 Å². The molecule has 0 saturated carbocycles. The van der Waals surface area contributed by atoms with Gasteiger partial charge in [-0.05, 0) is 55.5 Å². The van der Waals surface area contributed by atoms with Gasteiger partial charge >= 0.3 is 0 Å². The first-order valence-electron chi connectivity index (χ1n) is 9.32. The molecule has 1 aromatic heterocycles. The number of amides is 1. The number of anilines is 1. The number of nitrogens with one attached hydrogen (secondary N) is 1. The fourth-order valence-corrected chi connectivity index (χ4v) is 3.53. The van der Waals surface area contributed by atoms with Crippen molar-refractivity contribution in [1.29, 1.82) is 0 Å². The van der Waals surface area contributed by atoms with E-state index in [0.717, 1.165) is 5.69 Å². The van der Waals surface area contributed by atoms with Crippen LogP contribution in [0.25, 0.3) is 11.3 Å². The highest BCUT2D eigenvalue weighted by atomic mass is 35.5. The number of carbonyl (C=O) groups excluding carboxylic acids is 1. The maximum atomic E-state index is 13.0. The number of hydrogen-bond acceptors (Lipinski definition) is 5. The molecule has 1 N–H and O–H groups in total. The summed E-state index contributed by atoms with van der Waals surface area (Å²) in [5.74, 6) is -0.0276. The molecule has 0 unspecified atom stereocenters. The third-order valence-corrected chi connectivity index (χ3v) is 5.08. The van der Waals surface area contributed by atoms with Gasteiger partial charge in [-0.15, -0.1) is 0 Å². The van der Waals surface area contributed by atoms with Crippen LogP contribution in [-0.4, -0.2) is 11.1 Å². The Kier molecular flexibility index (Phi) is 6.11. The minimum atomic E-state index is -0.386. The molecule has 3 aromatic carbocycles. The van der Waals surface area contributed by atoms with Gasteiger partial charge in [0.2, 0.25) is 0 Å². The van der Waals surface area contributed by atoms with Gasteiger partial charge in [-0.1, -0.05) is 52.6 Å². The minimum Gasteiger partial charge on any atom is -0.360 e. The zero-order valence-electron chi connectivity index (χ0n) is 16.3. The molecule has 0 atom stereocenters. The number of halogens is 2. The van der Waals surface area contributed by atoms with Crippen LogP contribution in [0.15, 0.2) is 87.5 Å². The Balaban J connectivity index is 1.54. The van der Waals surface area contributed by atoms with Crippen molar-refractivity contribution in [1.82, 2.24) is 5.16 Å². The summed E-state index contributed by atoms with van der Waals surface area (Å²) in [6.07, 6.45) is 0. The van der Waals surface area contributed by atoms with Crippen LogP contribution in [0.3, 0.4) is 0 Å². The van der Waals surface area contributed by atoms with E-state index in [9.17, 15) is 4.79 Å². The van der Waals surface area contributed by atoms with Crippen molar-refractivity contribution in [3.8, 4) is 11.3 Å². The Bertz CT molecular complexity index is 1230. The Morgan fingerprint density at radius 2 is 1.48 bits per heavy atom. The van der Waals surface area contributed by atoms with E-state index in [1.807, 2.05) is 30.3 Å². The predicted octanol–water partition coefficient (Wildman–Crippen LogP) is 7.62. The highest BCUT2D eigenvalue weighted by molar-refractivity contribution is 6.39. The second-order valence-corrected chi connectivity index (χ2v) is 7.41. The fraction of sp³-hybridized carbons (Fsp3) is 0.0435. The summed E-state index contributed by atoms with van der Waals surface area (Å²) in [6.45, 7) is 1.66. The molecule has 0 radical (unpaired) electrons. The van der Waals surface area contributed by atoms with Crippen molar-refractivity contribution in [3.63, 3.8) is 0 Å².